The van der Waals surface area contributed by atoms with Gasteiger partial charge in [-0.15, -0.1) is 22.7 Å². The van der Waals surface area contributed by atoms with Crippen LogP contribution in [0.25, 0.3) is 30.9 Å². The van der Waals surface area contributed by atoms with Crippen molar-refractivity contribution in [3.05, 3.63) is 65.9 Å². The number of benzene rings is 2. The van der Waals surface area contributed by atoms with Gasteiger partial charge in [-0.1, -0.05) is 42.1 Å². The van der Waals surface area contributed by atoms with Gasteiger partial charge in [0.2, 0.25) is 5.91 Å². The zero-order chi connectivity index (χ0) is 20.5. The zero-order valence-electron chi connectivity index (χ0n) is 16.0. The van der Waals surface area contributed by atoms with Crippen molar-refractivity contribution in [2.75, 3.05) is 11.1 Å². The molecule has 0 aliphatic carbocycles. The number of nitrogens with zero attached hydrogens (tertiary/aromatic N) is 3. The molecule has 5 aromatic rings. The maximum absolute atomic E-state index is 12.5. The van der Waals surface area contributed by atoms with Gasteiger partial charge >= 0.3 is 0 Å². The van der Waals surface area contributed by atoms with Crippen LogP contribution in [-0.2, 0) is 4.79 Å². The molecular weight excluding hydrogens is 432 g/mol. The van der Waals surface area contributed by atoms with E-state index in [0.717, 1.165) is 46.6 Å². The Balaban J connectivity index is 1.31. The molecule has 0 radical (unpaired) electrons. The summed E-state index contributed by atoms with van der Waals surface area (Å²) in [5.41, 5.74) is 2.90. The molecule has 8 heteroatoms. The number of thiophene rings is 1. The normalized spacial score (nSPS) is 11.2. The van der Waals surface area contributed by atoms with E-state index in [1.165, 1.54) is 11.8 Å². The minimum atomic E-state index is -0.0640. The number of thioether (sulfide) groups is 1. The van der Waals surface area contributed by atoms with Gasteiger partial charge in [0, 0.05) is 16.0 Å². The summed E-state index contributed by atoms with van der Waals surface area (Å²) in [6.07, 6.45) is 1.56. The molecule has 5 rings (SSSR count). The van der Waals surface area contributed by atoms with Crippen molar-refractivity contribution < 1.29 is 4.79 Å². The van der Waals surface area contributed by atoms with E-state index in [4.69, 9.17) is 0 Å². The van der Waals surface area contributed by atoms with Gasteiger partial charge < -0.3 is 5.32 Å². The summed E-state index contributed by atoms with van der Waals surface area (Å²) >= 11 is 4.68. The summed E-state index contributed by atoms with van der Waals surface area (Å²) in [5.74, 6) is 0.216. The van der Waals surface area contributed by atoms with Crippen LogP contribution in [0.3, 0.4) is 0 Å². The lowest BCUT2D eigenvalue weighted by atomic mass is 10.2. The lowest BCUT2D eigenvalue weighted by molar-refractivity contribution is -0.113. The summed E-state index contributed by atoms with van der Waals surface area (Å²) in [5, 5.41) is 5.80. The molecular formula is C22H16N4OS3. The third-order valence-electron chi connectivity index (χ3n) is 4.47. The Hall–Kier alpha value is -2.81. The minimum absolute atomic E-state index is 0.0640. The highest BCUT2D eigenvalue weighted by Gasteiger charge is 2.13. The summed E-state index contributed by atoms with van der Waals surface area (Å²) in [6, 6.07) is 18.1. The number of carbonyl (C=O) groups excluding carboxylic acids is 1. The van der Waals surface area contributed by atoms with Crippen LogP contribution in [-0.4, -0.2) is 26.6 Å². The highest BCUT2D eigenvalue weighted by Crippen LogP contribution is 2.36. The van der Waals surface area contributed by atoms with Gasteiger partial charge in [-0.3, -0.25) is 4.79 Å². The predicted octanol–water partition coefficient (Wildman–Crippen LogP) is 6.01. The SMILES string of the molecule is Cc1nc2ccc(NC(=O)CSc3ncnc4sc(-c5ccccc5)cc34)cc2s1. The number of anilines is 1. The molecule has 0 aliphatic rings. The first-order chi connectivity index (χ1) is 14.7. The Morgan fingerprint density at radius 3 is 2.80 bits per heavy atom. The van der Waals surface area contributed by atoms with E-state index >= 15 is 0 Å². The number of nitrogens with one attached hydrogen (secondary N) is 1. The molecule has 0 unspecified atom stereocenters. The lowest BCUT2D eigenvalue weighted by Gasteiger charge is -2.05. The van der Waals surface area contributed by atoms with E-state index in [1.807, 2.05) is 43.3 Å². The molecule has 0 aliphatic heterocycles. The standard InChI is InChI=1S/C22H16N4OS3/c1-13-25-17-8-7-15(9-19(17)29-13)26-20(27)11-28-21-16-10-18(14-5-3-2-4-6-14)30-22(16)24-12-23-21/h2-10,12H,11H2,1H3,(H,26,27). The van der Waals surface area contributed by atoms with E-state index in [0.29, 0.717) is 0 Å². The number of aromatic nitrogens is 3. The molecule has 0 saturated carbocycles. The highest BCUT2D eigenvalue weighted by atomic mass is 32.2. The molecule has 1 amide bonds. The highest BCUT2D eigenvalue weighted by molar-refractivity contribution is 8.00. The number of thiazole rings is 1. The van der Waals surface area contributed by atoms with Crippen molar-refractivity contribution in [2.24, 2.45) is 0 Å². The molecule has 0 spiro atoms. The number of amides is 1. The Bertz CT molecular complexity index is 1360. The maximum Gasteiger partial charge on any atom is 0.234 e. The first kappa shape index (κ1) is 19.2. The average Bonchev–Trinajstić information content (AvgIpc) is 3.35. The van der Waals surface area contributed by atoms with Crippen molar-refractivity contribution in [3.63, 3.8) is 0 Å². The van der Waals surface area contributed by atoms with Crippen LogP contribution in [0.1, 0.15) is 5.01 Å². The van der Waals surface area contributed by atoms with Crippen molar-refractivity contribution in [1.82, 2.24) is 15.0 Å². The van der Waals surface area contributed by atoms with Gasteiger partial charge in [0.25, 0.3) is 0 Å². The summed E-state index contributed by atoms with van der Waals surface area (Å²) < 4.78 is 1.07. The van der Waals surface area contributed by atoms with Crippen molar-refractivity contribution in [2.45, 2.75) is 11.9 Å². The molecule has 1 N–H and O–H groups in total. The fourth-order valence-electron chi connectivity index (χ4n) is 3.14. The van der Waals surface area contributed by atoms with E-state index in [2.05, 4.69) is 38.5 Å². The molecule has 148 valence electrons. The Morgan fingerprint density at radius 1 is 1.07 bits per heavy atom. The quantitative estimate of drug-likeness (QED) is 0.263. The van der Waals surface area contributed by atoms with E-state index < -0.39 is 0 Å². The largest absolute Gasteiger partial charge is 0.325 e. The van der Waals surface area contributed by atoms with Crippen molar-refractivity contribution >= 4 is 66.5 Å². The predicted molar refractivity (Wildman–Crippen MR) is 127 cm³/mol. The van der Waals surface area contributed by atoms with Gasteiger partial charge in [0.15, 0.2) is 0 Å². The Kier molecular flexibility index (Phi) is 5.20. The van der Waals surface area contributed by atoms with Crippen LogP contribution in [0.2, 0.25) is 0 Å². The average molecular weight is 449 g/mol. The lowest BCUT2D eigenvalue weighted by Crippen LogP contribution is -2.14. The molecule has 5 nitrogen and oxygen atoms in total. The zero-order valence-corrected chi connectivity index (χ0v) is 18.4. The monoisotopic (exact) mass is 448 g/mol. The second-order valence-electron chi connectivity index (χ2n) is 6.63. The van der Waals surface area contributed by atoms with Crippen LogP contribution >= 0.6 is 34.4 Å². The first-order valence-corrected chi connectivity index (χ1v) is 11.9. The van der Waals surface area contributed by atoms with Gasteiger partial charge in [-0.05, 0) is 36.8 Å². The smallest absolute Gasteiger partial charge is 0.234 e. The Morgan fingerprint density at radius 2 is 1.93 bits per heavy atom. The molecule has 3 heterocycles. The fourth-order valence-corrected chi connectivity index (χ4v) is 5.85. The second kappa shape index (κ2) is 8.14. The number of hydrogen-bond donors (Lipinski definition) is 1. The topological polar surface area (TPSA) is 67.8 Å². The molecule has 0 saturated heterocycles. The summed E-state index contributed by atoms with van der Waals surface area (Å²) in [4.78, 5) is 27.8. The number of rotatable bonds is 5. The second-order valence-corrected chi connectivity index (χ2v) is 9.86. The number of aryl methyl sites for hydroxylation is 1. The molecule has 2 aromatic carbocycles. The first-order valence-electron chi connectivity index (χ1n) is 9.25. The molecule has 0 bridgehead atoms. The third kappa shape index (κ3) is 3.94. The van der Waals surface area contributed by atoms with Gasteiger partial charge in [0.05, 0.1) is 21.0 Å². The van der Waals surface area contributed by atoms with Crippen LogP contribution in [0.5, 0.6) is 0 Å². The van der Waals surface area contributed by atoms with Crippen LogP contribution < -0.4 is 5.32 Å². The van der Waals surface area contributed by atoms with E-state index in [1.54, 1.807) is 29.0 Å². The maximum atomic E-state index is 12.5. The Labute approximate surface area is 185 Å². The van der Waals surface area contributed by atoms with Crippen molar-refractivity contribution in [1.29, 1.82) is 0 Å². The van der Waals surface area contributed by atoms with Gasteiger partial charge in [-0.2, -0.15) is 0 Å². The molecule has 0 fully saturated rings. The number of hydrogen-bond acceptors (Lipinski definition) is 7. The molecule has 0 atom stereocenters. The van der Waals surface area contributed by atoms with Crippen LogP contribution in [0.4, 0.5) is 5.69 Å². The summed E-state index contributed by atoms with van der Waals surface area (Å²) in [6.45, 7) is 1.98. The minimum Gasteiger partial charge on any atom is -0.325 e. The fraction of sp³-hybridized carbons (Fsp3) is 0.0909. The van der Waals surface area contributed by atoms with Crippen molar-refractivity contribution in [3.8, 4) is 10.4 Å². The molecule has 3 aromatic heterocycles. The van der Waals surface area contributed by atoms with E-state index in [-0.39, 0.29) is 11.7 Å². The molecule has 30 heavy (non-hydrogen) atoms. The number of carbonyl (C=O) groups is 1. The van der Waals surface area contributed by atoms with Gasteiger partial charge in [0.1, 0.15) is 16.2 Å². The third-order valence-corrected chi connectivity index (χ3v) is 7.50. The van der Waals surface area contributed by atoms with E-state index in [9.17, 15) is 4.79 Å². The van der Waals surface area contributed by atoms with Gasteiger partial charge in [-0.25, -0.2) is 15.0 Å². The van der Waals surface area contributed by atoms with Crippen LogP contribution in [0, 0.1) is 6.92 Å². The number of fused-ring (bicyclic) bond motifs is 2. The summed E-state index contributed by atoms with van der Waals surface area (Å²) in [7, 11) is 0. The van der Waals surface area contributed by atoms with Crippen LogP contribution in [0.15, 0.2) is 66.0 Å².